The van der Waals surface area contributed by atoms with Crippen LogP contribution < -0.4 is 5.32 Å². The van der Waals surface area contributed by atoms with Crippen molar-refractivity contribution in [3.05, 3.63) is 54.0 Å². The van der Waals surface area contributed by atoms with Gasteiger partial charge in [-0.25, -0.2) is 8.42 Å². The van der Waals surface area contributed by atoms with Gasteiger partial charge < -0.3 is 9.73 Å². The summed E-state index contributed by atoms with van der Waals surface area (Å²) in [6.07, 6.45) is 3.26. The lowest BCUT2D eigenvalue weighted by molar-refractivity contribution is 0.546. The first-order chi connectivity index (χ1) is 8.67. The van der Waals surface area contributed by atoms with Crippen LogP contribution in [-0.4, -0.2) is 14.2 Å². The van der Waals surface area contributed by atoms with E-state index < -0.39 is 9.84 Å². The Morgan fingerprint density at radius 1 is 1.28 bits per heavy atom. The second-order valence-electron chi connectivity index (χ2n) is 4.38. The van der Waals surface area contributed by atoms with Gasteiger partial charge in [-0.15, -0.1) is 0 Å². The van der Waals surface area contributed by atoms with E-state index >= 15 is 0 Å². The van der Waals surface area contributed by atoms with E-state index in [1.165, 1.54) is 0 Å². The lowest BCUT2D eigenvalue weighted by Gasteiger charge is -2.11. The summed E-state index contributed by atoms with van der Waals surface area (Å²) in [5.41, 5.74) is 1.87. The number of furan rings is 1. The molecule has 0 saturated carbocycles. The molecule has 0 spiro atoms. The third-order valence-corrected chi connectivity index (χ3v) is 4.96. The molecule has 0 aliphatic carbocycles. The summed E-state index contributed by atoms with van der Waals surface area (Å²) in [5, 5.41) is 3.26. The van der Waals surface area contributed by atoms with Crippen molar-refractivity contribution in [3.63, 3.8) is 0 Å². The number of benzene rings is 1. The zero-order valence-corrected chi connectivity index (χ0v) is 10.5. The van der Waals surface area contributed by atoms with E-state index in [0.29, 0.717) is 11.4 Å². The molecule has 2 aromatic rings. The van der Waals surface area contributed by atoms with Gasteiger partial charge in [-0.2, -0.15) is 0 Å². The predicted molar refractivity (Wildman–Crippen MR) is 66.8 cm³/mol. The van der Waals surface area contributed by atoms with Gasteiger partial charge in [0.15, 0.2) is 9.84 Å². The molecule has 0 saturated heterocycles. The molecule has 0 radical (unpaired) electrons. The number of fused-ring (bicyclic) bond motifs is 1. The fraction of sp³-hybridized carbons (Fsp3) is 0.231. The van der Waals surface area contributed by atoms with Crippen molar-refractivity contribution in [1.82, 2.24) is 5.32 Å². The predicted octanol–water partition coefficient (Wildman–Crippen LogP) is 1.90. The van der Waals surface area contributed by atoms with Crippen molar-refractivity contribution >= 4 is 9.84 Å². The highest BCUT2D eigenvalue weighted by molar-refractivity contribution is 7.91. The van der Waals surface area contributed by atoms with Crippen molar-refractivity contribution in [2.45, 2.75) is 17.5 Å². The quantitative estimate of drug-likeness (QED) is 0.918. The monoisotopic (exact) mass is 263 g/mol. The van der Waals surface area contributed by atoms with E-state index in [1.807, 2.05) is 18.2 Å². The van der Waals surface area contributed by atoms with Crippen LogP contribution >= 0.6 is 0 Å². The van der Waals surface area contributed by atoms with Crippen LogP contribution in [0.4, 0.5) is 0 Å². The number of rotatable bonds is 3. The Morgan fingerprint density at radius 3 is 2.89 bits per heavy atom. The van der Waals surface area contributed by atoms with Crippen LogP contribution in [0, 0.1) is 0 Å². The van der Waals surface area contributed by atoms with Gasteiger partial charge in [0.2, 0.25) is 0 Å². The average Bonchev–Trinajstić information content (AvgIpc) is 2.95. The van der Waals surface area contributed by atoms with E-state index in [9.17, 15) is 8.42 Å². The molecular weight excluding hydrogens is 250 g/mol. The maximum atomic E-state index is 12.0. The Balaban J connectivity index is 1.83. The fourth-order valence-electron chi connectivity index (χ4n) is 2.25. The number of sulfone groups is 1. The molecule has 3 rings (SSSR count). The molecule has 18 heavy (non-hydrogen) atoms. The fourth-order valence-corrected chi connectivity index (χ4v) is 4.02. The number of hydrogen-bond acceptors (Lipinski definition) is 4. The molecule has 0 amide bonds. The van der Waals surface area contributed by atoms with Gasteiger partial charge in [0.1, 0.15) is 0 Å². The second-order valence-corrected chi connectivity index (χ2v) is 6.39. The summed E-state index contributed by atoms with van der Waals surface area (Å²) in [6.45, 7) is 0.602. The third kappa shape index (κ3) is 1.95. The standard InChI is InChI=1S/C13H13NO3S/c15-18(16)9-12(11-3-1-2-4-13(11)18)14-7-10-5-6-17-8-10/h1-6,8,12,14H,7,9H2. The summed E-state index contributed by atoms with van der Waals surface area (Å²) in [6, 6.07) is 8.89. The van der Waals surface area contributed by atoms with Crippen molar-refractivity contribution in [1.29, 1.82) is 0 Å². The molecule has 1 atom stereocenters. The Hall–Kier alpha value is -1.59. The molecule has 1 aliphatic rings. The van der Waals surface area contributed by atoms with Gasteiger partial charge in [0, 0.05) is 18.2 Å². The molecule has 5 heteroatoms. The molecular formula is C13H13NO3S. The minimum atomic E-state index is -3.13. The van der Waals surface area contributed by atoms with Crippen LogP contribution in [0.2, 0.25) is 0 Å². The highest BCUT2D eigenvalue weighted by atomic mass is 32.2. The molecule has 1 N–H and O–H groups in total. The van der Waals surface area contributed by atoms with Crippen LogP contribution in [-0.2, 0) is 16.4 Å². The maximum absolute atomic E-state index is 12.0. The third-order valence-electron chi connectivity index (χ3n) is 3.15. The maximum Gasteiger partial charge on any atom is 0.180 e. The van der Waals surface area contributed by atoms with Gasteiger partial charge in [0.25, 0.3) is 0 Å². The first-order valence-electron chi connectivity index (χ1n) is 5.73. The van der Waals surface area contributed by atoms with Gasteiger partial charge >= 0.3 is 0 Å². The van der Waals surface area contributed by atoms with Crippen LogP contribution in [0.15, 0.2) is 52.2 Å². The van der Waals surface area contributed by atoms with Crippen LogP contribution in [0.25, 0.3) is 0 Å². The molecule has 1 aromatic carbocycles. The minimum Gasteiger partial charge on any atom is -0.472 e. The Morgan fingerprint density at radius 2 is 2.11 bits per heavy atom. The molecule has 1 aliphatic heterocycles. The van der Waals surface area contributed by atoms with Gasteiger partial charge in [-0.05, 0) is 17.7 Å². The summed E-state index contributed by atoms with van der Waals surface area (Å²) in [7, 11) is -3.13. The Bertz CT molecular complexity index is 647. The van der Waals surface area contributed by atoms with Crippen molar-refractivity contribution in [2.75, 3.05) is 5.75 Å². The van der Waals surface area contributed by atoms with Crippen molar-refractivity contribution < 1.29 is 12.8 Å². The van der Waals surface area contributed by atoms with E-state index in [-0.39, 0.29) is 11.8 Å². The molecule has 2 heterocycles. The molecule has 1 unspecified atom stereocenters. The molecule has 94 valence electrons. The van der Waals surface area contributed by atoms with Gasteiger partial charge in [0.05, 0.1) is 23.2 Å². The highest BCUT2D eigenvalue weighted by Crippen LogP contribution is 2.33. The van der Waals surface area contributed by atoms with Crippen molar-refractivity contribution in [2.24, 2.45) is 0 Å². The van der Waals surface area contributed by atoms with E-state index in [2.05, 4.69) is 5.32 Å². The van der Waals surface area contributed by atoms with E-state index in [1.54, 1.807) is 24.7 Å². The smallest absolute Gasteiger partial charge is 0.180 e. The molecule has 0 bridgehead atoms. The largest absolute Gasteiger partial charge is 0.472 e. The van der Waals surface area contributed by atoms with Crippen LogP contribution in [0.5, 0.6) is 0 Å². The molecule has 0 fully saturated rings. The summed E-state index contributed by atoms with van der Waals surface area (Å²) < 4.78 is 28.9. The SMILES string of the molecule is O=S1(=O)CC(NCc2ccoc2)c2ccccc21. The zero-order chi connectivity index (χ0) is 12.6. The zero-order valence-electron chi connectivity index (χ0n) is 9.67. The van der Waals surface area contributed by atoms with E-state index in [0.717, 1.165) is 11.1 Å². The normalized spacial score (nSPS) is 20.8. The summed E-state index contributed by atoms with van der Waals surface area (Å²) in [4.78, 5) is 0.453. The van der Waals surface area contributed by atoms with Crippen LogP contribution in [0.3, 0.4) is 0 Å². The second kappa shape index (κ2) is 4.26. The summed E-state index contributed by atoms with van der Waals surface area (Å²) in [5.74, 6) is 0.129. The van der Waals surface area contributed by atoms with Crippen LogP contribution in [0.1, 0.15) is 17.2 Å². The van der Waals surface area contributed by atoms with E-state index in [4.69, 9.17) is 4.42 Å². The number of nitrogens with one attached hydrogen (secondary N) is 1. The Labute approximate surface area is 106 Å². The first kappa shape index (κ1) is 11.5. The topological polar surface area (TPSA) is 59.3 Å². The van der Waals surface area contributed by atoms with Gasteiger partial charge in [-0.1, -0.05) is 18.2 Å². The highest BCUT2D eigenvalue weighted by Gasteiger charge is 2.33. The lowest BCUT2D eigenvalue weighted by atomic mass is 10.1. The molecule has 1 aromatic heterocycles. The minimum absolute atomic E-state index is 0.129. The molecule has 4 nitrogen and oxygen atoms in total. The lowest BCUT2D eigenvalue weighted by Crippen LogP contribution is -2.22. The summed E-state index contributed by atoms with van der Waals surface area (Å²) >= 11 is 0. The van der Waals surface area contributed by atoms with Gasteiger partial charge in [-0.3, -0.25) is 0 Å². The average molecular weight is 263 g/mol. The number of hydrogen-bond donors (Lipinski definition) is 1. The Kier molecular flexibility index (Phi) is 2.72. The van der Waals surface area contributed by atoms with Crippen molar-refractivity contribution in [3.8, 4) is 0 Å². The first-order valence-corrected chi connectivity index (χ1v) is 7.38.